The molecule has 1 rings (SSSR count). The Kier molecular flexibility index (Phi) is 5.87. The molecule has 4 heteroatoms. The van der Waals surface area contributed by atoms with E-state index in [1.807, 2.05) is 11.6 Å². The molecule has 1 aromatic rings. The summed E-state index contributed by atoms with van der Waals surface area (Å²) in [6.45, 7) is 16.0. The van der Waals surface area contributed by atoms with E-state index in [2.05, 4.69) is 45.0 Å². The van der Waals surface area contributed by atoms with E-state index in [0.717, 1.165) is 42.5 Å². The van der Waals surface area contributed by atoms with Gasteiger partial charge in [-0.05, 0) is 38.1 Å². The minimum absolute atomic E-state index is 0.178. The molecule has 19 heavy (non-hydrogen) atoms. The highest BCUT2D eigenvalue weighted by Gasteiger charge is 2.23. The summed E-state index contributed by atoms with van der Waals surface area (Å²) in [5.74, 6) is 0.683. The van der Waals surface area contributed by atoms with Crippen molar-refractivity contribution in [2.75, 3.05) is 13.1 Å². The maximum Gasteiger partial charge on any atom is 0.0847 e. The topological polar surface area (TPSA) is 29.9 Å². The summed E-state index contributed by atoms with van der Waals surface area (Å²) in [6.07, 6.45) is 0.950. The zero-order valence-electron chi connectivity index (χ0n) is 13.2. The van der Waals surface area contributed by atoms with Gasteiger partial charge in [0.15, 0.2) is 0 Å². The molecule has 0 saturated heterocycles. The van der Waals surface area contributed by atoms with Crippen LogP contribution in [0, 0.1) is 18.3 Å². The van der Waals surface area contributed by atoms with Gasteiger partial charge in [0.25, 0.3) is 0 Å². The van der Waals surface area contributed by atoms with Gasteiger partial charge in [-0.25, -0.2) is 0 Å². The molecule has 0 bridgehead atoms. The lowest BCUT2D eigenvalue weighted by Gasteiger charge is -2.26. The Hall–Kier alpha value is -0.540. The Morgan fingerprint density at radius 1 is 1.37 bits per heavy atom. The average molecular weight is 286 g/mol. The molecule has 0 aliphatic heterocycles. The highest BCUT2D eigenvalue weighted by atomic mass is 35.5. The second-order valence-electron chi connectivity index (χ2n) is 6.53. The van der Waals surface area contributed by atoms with Crippen LogP contribution < -0.4 is 5.32 Å². The van der Waals surface area contributed by atoms with Crippen LogP contribution in [0.5, 0.6) is 0 Å². The number of nitrogens with one attached hydrogen (secondary N) is 1. The third-order valence-electron chi connectivity index (χ3n) is 3.25. The van der Waals surface area contributed by atoms with E-state index in [4.69, 9.17) is 11.6 Å². The molecule has 1 aromatic heterocycles. The molecule has 0 aliphatic rings. The standard InChI is InChI=1S/C15H28ClN3/c1-7-19-13(14(16)12(4)18-19)8-15(5,6)10-17-9-11(2)3/h11,17H,7-10H2,1-6H3. The van der Waals surface area contributed by atoms with Crippen molar-refractivity contribution in [3.8, 4) is 0 Å². The van der Waals surface area contributed by atoms with E-state index >= 15 is 0 Å². The highest BCUT2D eigenvalue weighted by Crippen LogP contribution is 2.28. The number of aromatic nitrogens is 2. The van der Waals surface area contributed by atoms with Crippen molar-refractivity contribution in [1.29, 1.82) is 0 Å². The van der Waals surface area contributed by atoms with Gasteiger partial charge >= 0.3 is 0 Å². The Labute approximate surface area is 122 Å². The van der Waals surface area contributed by atoms with E-state index in [0.29, 0.717) is 5.92 Å². The maximum absolute atomic E-state index is 6.38. The predicted molar refractivity (Wildman–Crippen MR) is 82.8 cm³/mol. The fourth-order valence-corrected chi connectivity index (χ4v) is 2.46. The van der Waals surface area contributed by atoms with Crippen molar-refractivity contribution in [2.45, 2.75) is 54.5 Å². The second-order valence-corrected chi connectivity index (χ2v) is 6.91. The van der Waals surface area contributed by atoms with Crippen molar-refractivity contribution < 1.29 is 0 Å². The minimum Gasteiger partial charge on any atom is -0.316 e. The summed E-state index contributed by atoms with van der Waals surface area (Å²) in [5, 5.41) is 8.85. The van der Waals surface area contributed by atoms with Crippen LogP contribution in [0.2, 0.25) is 5.02 Å². The zero-order chi connectivity index (χ0) is 14.6. The summed E-state index contributed by atoms with van der Waals surface area (Å²) in [4.78, 5) is 0. The van der Waals surface area contributed by atoms with Crippen LogP contribution in [-0.2, 0) is 13.0 Å². The van der Waals surface area contributed by atoms with Crippen LogP contribution >= 0.6 is 11.6 Å². The smallest absolute Gasteiger partial charge is 0.0847 e. The third kappa shape index (κ3) is 4.81. The molecule has 3 nitrogen and oxygen atoms in total. The molecule has 0 aromatic carbocycles. The molecule has 110 valence electrons. The third-order valence-corrected chi connectivity index (χ3v) is 3.75. The van der Waals surface area contributed by atoms with Crippen molar-refractivity contribution in [2.24, 2.45) is 11.3 Å². The molecular weight excluding hydrogens is 258 g/mol. The summed E-state index contributed by atoms with van der Waals surface area (Å²) >= 11 is 6.38. The van der Waals surface area contributed by atoms with Gasteiger partial charge in [0.05, 0.1) is 16.4 Å². The Morgan fingerprint density at radius 3 is 2.53 bits per heavy atom. The van der Waals surface area contributed by atoms with Crippen molar-refractivity contribution in [1.82, 2.24) is 15.1 Å². The first-order chi connectivity index (χ1) is 8.76. The van der Waals surface area contributed by atoms with E-state index in [9.17, 15) is 0 Å². The molecular formula is C15H28ClN3. The van der Waals surface area contributed by atoms with Gasteiger partial charge in [0.2, 0.25) is 0 Å². The quantitative estimate of drug-likeness (QED) is 0.828. The normalized spacial score (nSPS) is 12.4. The van der Waals surface area contributed by atoms with Gasteiger partial charge in [-0.2, -0.15) is 5.10 Å². The van der Waals surface area contributed by atoms with Crippen LogP contribution in [0.15, 0.2) is 0 Å². The van der Waals surface area contributed by atoms with E-state index < -0.39 is 0 Å². The summed E-state index contributed by atoms with van der Waals surface area (Å²) < 4.78 is 2.03. The lowest BCUT2D eigenvalue weighted by molar-refractivity contribution is 0.321. The van der Waals surface area contributed by atoms with Crippen molar-refractivity contribution >= 4 is 11.6 Å². The van der Waals surface area contributed by atoms with Crippen molar-refractivity contribution in [3.05, 3.63) is 16.4 Å². The summed E-state index contributed by atoms with van der Waals surface area (Å²) in [5.41, 5.74) is 2.28. The van der Waals surface area contributed by atoms with Gasteiger partial charge < -0.3 is 5.32 Å². The lowest BCUT2D eigenvalue weighted by atomic mass is 9.87. The Bertz CT molecular complexity index is 408. The van der Waals surface area contributed by atoms with E-state index in [1.165, 1.54) is 0 Å². The van der Waals surface area contributed by atoms with E-state index in [-0.39, 0.29) is 5.41 Å². The molecule has 0 fully saturated rings. The fourth-order valence-electron chi connectivity index (χ4n) is 2.25. The van der Waals surface area contributed by atoms with Crippen LogP contribution in [0.25, 0.3) is 0 Å². The SMILES string of the molecule is CCn1nc(C)c(Cl)c1CC(C)(C)CNCC(C)C. The predicted octanol–water partition coefficient (Wildman–Crippen LogP) is 3.68. The zero-order valence-corrected chi connectivity index (χ0v) is 13.9. The fraction of sp³-hybridized carbons (Fsp3) is 0.800. The summed E-state index contributed by atoms with van der Waals surface area (Å²) in [7, 11) is 0. The molecule has 0 unspecified atom stereocenters. The first-order valence-electron chi connectivity index (χ1n) is 7.19. The number of rotatable bonds is 7. The number of hydrogen-bond acceptors (Lipinski definition) is 2. The monoisotopic (exact) mass is 285 g/mol. The first-order valence-corrected chi connectivity index (χ1v) is 7.57. The Balaban J connectivity index is 2.71. The Morgan fingerprint density at radius 2 is 2.00 bits per heavy atom. The van der Waals surface area contributed by atoms with Crippen LogP contribution in [0.4, 0.5) is 0 Å². The number of nitrogens with zero attached hydrogens (tertiary/aromatic N) is 2. The van der Waals surface area contributed by atoms with Crippen LogP contribution in [0.3, 0.4) is 0 Å². The van der Waals surface area contributed by atoms with Crippen molar-refractivity contribution in [3.63, 3.8) is 0 Å². The van der Waals surface area contributed by atoms with Crippen LogP contribution in [0.1, 0.15) is 46.0 Å². The van der Waals surface area contributed by atoms with Gasteiger partial charge in [-0.15, -0.1) is 0 Å². The molecule has 0 spiro atoms. The van der Waals surface area contributed by atoms with Gasteiger partial charge in [-0.3, -0.25) is 4.68 Å². The minimum atomic E-state index is 0.178. The highest BCUT2D eigenvalue weighted by molar-refractivity contribution is 6.31. The van der Waals surface area contributed by atoms with E-state index in [1.54, 1.807) is 0 Å². The molecule has 0 saturated carbocycles. The number of hydrogen-bond donors (Lipinski definition) is 1. The molecule has 0 amide bonds. The molecule has 1 heterocycles. The maximum atomic E-state index is 6.38. The van der Waals surface area contributed by atoms with Gasteiger partial charge in [-0.1, -0.05) is 39.3 Å². The molecule has 0 aliphatic carbocycles. The number of aryl methyl sites for hydroxylation is 2. The lowest BCUT2D eigenvalue weighted by Crippen LogP contribution is -2.33. The first kappa shape index (κ1) is 16.5. The largest absolute Gasteiger partial charge is 0.316 e. The van der Waals surface area contributed by atoms with Gasteiger partial charge in [0, 0.05) is 13.1 Å². The average Bonchev–Trinajstić information content (AvgIpc) is 2.55. The second kappa shape index (κ2) is 6.76. The van der Waals surface area contributed by atoms with Gasteiger partial charge in [0.1, 0.15) is 0 Å². The molecule has 1 N–H and O–H groups in total. The molecule has 0 atom stereocenters. The number of halogens is 1. The van der Waals surface area contributed by atoms with Crippen LogP contribution in [-0.4, -0.2) is 22.9 Å². The molecule has 0 radical (unpaired) electrons. The summed E-state index contributed by atoms with van der Waals surface area (Å²) in [6, 6.07) is 0.